The summed E-state index contributed by atoms with van der Waals surface area (Å²) < 4.78 is 27.1. The molecule has 0 unspecified atom stereocenters. The van der Waals surface area contributed by atoms with Gasteiger partial charge in [-0.2, -0.15) is 0 Å². The van der Waals surface area contributed by atoms with E-state index in [1.807, 2.05) is 0 Å². The highest BCUT2D eigenvalue weighted by atomic mass is 35.5. The maximum Gasteiger partial charge on any atom is 0.337 e. The SMILES string of the molecule is Cc1ccc(S(=O)(=O)Nc2ccc(C)cc2C(=O)O)c(Cl)c1. The standard InChI is InChI=1S/C15H14ClNO4S/c1-9-3-5-13(11(7-9)15(18)19)17-22(20,21)14-6-4-10(2)8-12(14)16/h3-8,17H,1-2H3,(H,18,19). The quantitative estimate of drug-likeness (QED) is 0.893. The van der Waals surface area contributed by atoms with E-state index in [1.165, 1.54) is 24.3 Å². The third-order valence-electron chi connectivity index (χ3n) is 3.03. The molecule has 2 N–H and O–H groups in total. The summed E-state index contributed by atoms with van der Waals surface area (Å²) in [7, 11) is -3.97. The van der Waals surface area contributed by atoms with Crippen LogP contribution in [0.4, 0.5) is 5.69 Å². The summed E-state index contributed by atoms with van der Waals surface area (Å²) in [6.07, 6.45) is 0. The van der Waals surface area contributed by atoms with Crippen LogP contribution in [0, 0.1) is 13.8 Å². The Morgan fingerprint density at radius 2 is 1.68 bits per heavy atom. The summed E-state index contributed by atoms with van der Waals surface area (Å²) in [5.74, 6) is -1.21. The van der Waals surface area contributed by atoms with Gasteiger partial charge in [0.25, 0.3) is 10.0 Å². The van der Waals surface area contributed by atoms with Gasteiger partial charge in [-0.05, 0) is 43.7 Å². The minimum Gasteiger partial charge on any atom is -0.478 e. The maximum atomic E-state index is 12.4. The molecule has 2 rings (SSSR count). The smallest absolute Gasteiger partial charge is 0.337 e. The van der Waals surface area contributed by atoms with Crippen LogP contribution >= 0.6 is 11.6 Å². The molecule has 2 aromatic rings. The molecule has 0 fully saturated rings. The number of benzene rings is 2. The summed E-state index contributed by atoms with van der Waals surface area (Å²) in [4.78, 5) is 11.1. The fraction of sp³-hybridized carbons (Fsp3) is 0.133. The highest BCUT2D eigenvalue weighted by Crippen LogP contribution is 2.26. The third-order valence-corrected chi connectivity index (χ3v) is 4.88. The van der Waals surface area contributed by atoms with E-state index in [0.717, 1.165) is 5.56 Å². The van der Waals surface area contributed by atoms with Crippen molar-refractivity contribution in [2.75, 3.05) is 4.72 Å². The van der Waals surface area contributed by atoms with Crippen molar-refractivity contribution < 1.29 is 18.3 Å². The molecular formula is C15H14ClNO4S. The number of aromatic carboxylic acids is 1. The largest absolute Gasteiger partial charge is 0.478 e. The summed E-state index contributed by atoms with van der Waals surface area (Å²) in [5, 5.41) is 9.27. The van der Waals surface area contributed by atoms with Crippen LogP contribution < -0.4 is 4.72 Å². The van der Waals surface area contributed by atoms with Gasteiger partial charge in [0.1, 0.15) is 4.90 Å². The van der Waals surface area contributed by atoms with Crippen LogP contribution in [0.1, 0.15) is 21.5 Å². The zero-order valence-electron chi connectivity index (χ0n) is 11.9. The molecule has 0 bridgehead atoms. The van der Waals surface area contributed by atoms with Gasteiger partial charge in [0.05, 0.1) is 16.3 Å². The Kier molecular flexibility index (Phi) is 4.44. The first-order chi connectivity index (χ1) is 10.2. The first-order valence-corrected chi connectivity index (χ1v) is 8.20. The second-order valence-corrected chi connectivity index (χ2v) is 6.95. The number of carboxylic acid groups (broad SMARTS) is 1. The molecule has 0 heterocycles. The van der Waals surface area contributed by atoms with Crippen LogP contribution in [0.25, 0.3) is 0 Å². The van der Waals surface area contributed by atoms with E-state index in [2.05, 4.69) is 4.72 Å². The molecule has 0 aliphatic heterocycles. The zero-order valence-corrected chi connectivity index (χ0v) is 13.5. The van der Waals surface area contributed by atoms with E-state index in [9.17, 15) is 18.3 Å². The Bertz CT molecular complexity index is 847. The van der Waals surface area contributed by atoms with E-state index in [1.54, 1.807) is 26.0 Å². The van der Waals surface area contributed by atoms with Gasteiger partial charge in [0.15, 0.2) is 0 Å². The Hall–Kier alpha value is -2.05. The molecule has 0 saturated carbocycles. The number of aryl methyl sites for hydroxylation is 2. The lowest BCUT2D eigenvalue weighted by molar-refractivity contribution is 0.0698. The fourth-order valence-electron chi connectivity index (χ4n) is 1.95. The summed E-state index contributed by atoms with van der Waals surface area (Å²) in [6.45, 7) is 3.51. The van der Waals surface area contributed by atoms with E-state index >= 15 is 0 Å². The van der Waals surface area contributed by atoms with E-state index in [-0.39, 0.29) is 21.2 Å². The third kappa shape index (κ3) is 3.40. The lowest BCUT2D eigenvalue weighted by Crippen LogP contribution is -2.16. The van der Waals surface area contributed by atoms with E-state index in [0.29, 0.717) is 5.56 Å². The second-order valence-electron chi connectivity index (χ2n) is 4.89. The van der Waals surface area contributed by atoms with Crippen molar-refractivity contribution in [2.45, 2.75) is 18.7 Å². The molecule has 5 nitrogen and oxygen atoms in total. The van der Waals surface area contributed by atoms with Gasteiger partial charge in [0, 0.05) is 0 Å². The van der Waals surface area contributed by atoms with Crippen LogP contribution in [0.2, 0.25) is 5.02 Å². The number of rotatable bonds is 4. The van der Waals surface area contributed by atoms with Crippen molar-refractivity contribution >= 4 is 33.3 Å². The number of hydrogen-bond acceptors (Lipinski definition) is 3. The summed E-state index contributed by atoms with van der Waals surface area (Å²) in [5.41, 5.74) is 1.42. The van der Waals surface area contributed by atoms with Crippen LogP contribution in [0.5, 0.6) is 0 Å². The second kappa shape index (κ2) is 5.98. The minimum absolute atomic E-state index is 0.00487. The van der Waals surface area contributed by atoms with Crippen LogP contribution in [-0.4, -0.2) is 19.5 Å². The molecular weight excluding hydrogens is 326 g/mol. The Morgan fingerprint density at radius 1 is 1.09 bits per heavy atom. The van der Waals surface area contributed by atoms with Crippen molar-refractivity contribution in [3.05, 3.63) is 58.1 Å². The van der Waals surface area contributed by atoms with E-state index in [4.69, 9.17) is 11.6 Å². The maximum absolute atomic E-state index is 12.4. The molecule has 22 heavy (non-hydrogen) atoms. The fourth-order valence-corrected chi connectivity index (χ4v) is 3.63. The minimum atomic E-state index is -3.97. The molecule has 116 valence electrons. The first-order valence-electron chi connectivity index (χ1n) is 6.33. The monoisotopic (exact) mass is 339 g/mol. The number of anilines is 1. The molecule has 0 aliphatic rings. The molecule has 0 saturated heterocycles. The number of carbonyl (C=O) groups is 1. The lowest BCUT2D eigenvalue weighted by atomic mass is 10.1. The van der Waals surface area contributed by atoms with Gasteiger partial charge >= 0.3 is 5.97 Å². The molecule has 7 heteroatoms. The number of halogens is 1. The van der Waals surface area contributed by atoms with Crippen LogP contribution in [-0.2, 0) is 10.0 Å². The average Bonchev–Trinajstić information content (AvgIpc) is 2.39. The number of nitrogens with one attached hydrogen (secondary N) is 1. The van der Waals surface area contributed by atoms with Crippen molar-refractivity contribution in [2.24, 2.45) is 0 Å². The summed E-state index contributed by atoms with van der Waals surface area (Å²) >= 11 is 5.97. The van der Waals surface area contributed by atoms with Gasteiger partial charge in [-0.15, -0.1) is 0 Å². The van der Waals surface area contributed by atoms with Crippen molar-refractivity contribution in [1.82, 2.24) is 0 Å². The van der Waals surface area contributed by atoms with Crippen LogP contribution in [0.15, 0.2) is 41.3 Å². The van der Waals surface area contributed by atoms with Crippen molar-refractivity contribution in [3.63, 3.8) is 0 Å². The van der Waals surface area contributed by atoms with E-state index < -0.39 is 16.0 Å². The molecule has 0 radical (unpaired) electrons. The van der Waals surface area contributed by atoms with Gasteiger partial charge in [-0.3, -0.25) is 4.72 Å². The number of carboxylic acids is 1. The molecule has 0 atom stereocenters. The topological polar surface area (TPSA) is 83.5 Å². The molecule has 0 amide bonds. The highest BCUT2D eigenvalue weighted by Gasteiger charge is 2.21. The Balaban J connectivity index is 2.47. The normalized spacial score (nSPS) is 11.2. The number of hydrogen-bond donors (Lipinski definition) is 2. The molecule has 0 spiro atoms. The van der Waals surface area contributed by atoms with Gasteiger partial charge < -0.3 is 5.11 Å². The predicted molar refractivity (Wildman–Crippen MR) is 85.1 cm³/mol. The predicted octanol–water partition coefficient (Wildman–Crippen LogP) is 3.46. The number of sulfonamides is 1. The Morgan fingerprint density at radius 3 is 2.27 bits per heavy atom. The van der Waals surface area contributed by atoms with Gasteiger partial charge in [0.2, 0.25) is 0 Å². The molecule has 0 aromatic heterocycles. The zero-order chi connectivity index (χ0) is 16.5. The first kappa shape index (κ1) is 16.3. The van der Waals surface area contributed by atoms with Gasteiger partial charge in [-0.1, -0.05) is 29.3 Å². The lowest BCUT2D eigenvalue weighted by Gasteiger charge is -2.12. The summed E-state index contributed by atoms with van der Waals surface area (Å²) in [6, 6.07) is 8.97. The Labute approximate surface area is 133 Å². The molecule has 0 aliphatic carbocycles. The highest BCUT2D eigenvalue weighted by molar-refractivity contribution is 7.92. The van der Waals surface area contributed by atoms with Crippen molar-refractivity contribution in [1.29, 1.82) is 0 Å². The molecule has 2 aromatic carbocycles. The van der Waals surface area contributed by atoms with Crippen molar-refractivity contribution in [3.8, 4) is 0 Å². The average molecular weight is 340 g/mol. The van der Waals surface area contributed by atoms with Crippen LogP contribution in [0.3, 0.4) is 0 Å². The van der Waals surface area contributed by atoms with Gasteiger partial charge in [-0.25, -0.2) is 13.2 Å².